The molecule has 2 rings (SSSR count). The summed E-state index contributed by atoms with van der Waals surface area (Å²) < 4.78 is 4.94. The molecule has 5 heteroatoms. The molecule has 0 fully saturated rings. The van der Waals surface area contributed by atoms with E-state index in [4.69, 9.17) is 4.74 Å². The molecule has 0 bridgehead atoms. The number of ether oxygens (including phenoxy) is 1. The van der Waals surface area contributed by atoms with Gasteiger partial charge in [0.25, 0.3) is 5.56 Å². The van der Waals surface area contributed by atoms with Gasteiger partial charge in [-0.1, -0.05) is 18.2 Å². The maximum absolute atomic E-state index is 11.8. The molecule has 0 saturated heterocycles. The van der Waals surface area contributed by atoms with E-state index in [-0.39, 0.29) is 5.56 Å². The van der Waals surface area contributed by atoms with Gasteiger partial charge in [-0.05, 0) is 17.5 Å². The monoisotopic (exact) mass is 261 g/mol. The summed E-state index contributed by atoms with van der Waals surface area (Å²) in [6.45, 7) is 3.09. The third kappa shape index (κ3) is 3.81. The number of aromatic nitrogens is 1. The van der Waals surface area contributed by atoms with Crippen molar-refractivity contribution in [2.24, 2.45) is 0 Å². The maximum atomic E-state index is 11.8. The highest BCUT2D eigenvalue weighted by Gasteiger charge is 2.00. The number of aromatic amines is 1. The molecule has 0 aliphatic heterocycles. The average molecular weight is 261 g/mol. The van der Waals surface area contributed by atoms with Crippen molar-refractivity contribution >= 4 is 16.6 Å². The normalized spacial score (nSPS) is 10.8. The molecule has 0 saturated carbocycles. The zero-order valence-electron chi connectivity index (χ0n) is 11.0. The Morgan fingerprint density at radius 3 is 2.89 bits per heavy atom. The highest BCUT2D eigenvalue weighted by molar-refractivity contribution is 5.83. The smallest absolute Gasteiger partial charge is 0.257 e. The molecule has 0 spiro atoms. The Morgan fingerprint density at radius 1 is 1.21 bits per heavy atom. The van der Waals surface area contributed by atoms with Crippen molar-refractivity contribution in [2.75, 3.05) is 38.7 Å². The van der Waals surface area contributed by atoms with Gasteiger partial charge in [0.2, 0.25) is 0 Å². The second kappa shape index (κ2) is 6.92. The molecule has 102 valence electrons. The molecule has 1 heterocycles. The third-order valence-corrected chi connectivity index (χ3v) is 2.85. The number of benzene rings is 1. The van der Waals surface area contributed by atoms with Gasteiger partial charge in [0.15, 0.2) is 0 Å². The lowest BCUT2D eigenvalue weighted by molar-refractivity contribution is 0.200. The Kier molecular flexibility index (Phi) is 4.94. The molecule has 1 aromatic carbocycles. The van der Waals surface area contributed by atoms with Crippen LogP contribution < -0.4 is 16.2 Å². The summed E-state index contributed by atoms with van der Waals surface area (Å²) in [5, 5.41) is 8.08. The molecule has 0 unspecified atom stereocenters. The minimum atomic E-state index is -0.0621. The summed E-state index contributed by atoms with van der Waals surface area (Å²) in [7, 11) is 1.68. The number of H-pyrrole nitrogens is 1. The van der Waals surface area contributed by atoms with Crippen LogP contribution in [0, 0.1) is 0 Å². The molecular formula is C14H19N3O2. The largest absolute Gasteiger partial charge is 0.383 e. The lowest BCUT2D eigenvalue weighted by Crippen LogP contribution is -2.26. The van der Waals surface area contributed by atoms with Crippen molar-refractivity contribution in [2.45, 2.75) is 0 Å². The highest BCUT2D eigenvalue weighted by Crippen LogP contribution is 2.12. The second-order valence-electron chi connectivity index (χ2n) is 4.27. The van der Waals surface area contributed by atoms with Gasteiger partial charge in [0.1, 0.15) is 5.82 Å². The predicted octanol–water partition coefficient (Wildman–Crippen LogP) is 1.18. The topological polar surface area (TPSA) is 66.2 Å². The Morgan fingerprint density at radius 2 is 2.05 bits per heavy atom. The van der Waals surface area contributed by atoms with Crippen LogP contribution in [0.3, 0.4) is 0 Å². The van der Waals surface area contributed by atoms with Gasteiger partial charge in [-0.2, -0.15) is 0 Å². The molecule has 0 aliphatic carbocycles. The Hall–Kier alpha value is -1.85. The van der Waals surface area contributed by atoms with E-state index in [9.17, 15) is 4.79 Å². The SMILES string of the molecule is COCCNCCNc1cc2ccccc2c(=O)[nH]1. The van der Waals surface area contributed by atoms with Crippen molar-refractivity contribution in [1.29, 1.82) is 0 Å². The summed E-state index contributed by atoms with van der Waals surface area (Å²) in [5.74, 6) is 0.747. The van der Waals surface area contributed by atoms with Crippen LogP contribution in [0.25, 0.3) is 10.8 Å². The summed E-state index contributed by atoms with van der Waals surface area (Å²) in [5.41, 5.74) is -0.0621. The number of hydrogen-bond acceptors (Lipinski definition) is 4. The third-order valence-electron chi connectivity index (χ3n) is 2.85. The van der Waals surface area contributed by atoms with Crippen molar-refractivity contribution in [1.82, 2.24) is 10.3 Å². The summed E-state index contributed by atoms with van der Waals surface area (Å²) in [6.07, 6.45) is 0. The van der Waals surface area contributed by atoms with Crippen LogP contribution in [0.1, 0.15) is 0 Å². The maximum Gasteiger partial charge on any atom is 0.257 e. The van der Waals surface area contributed by atoms with Crippen molar-refractivity contribution < 1.29 is 4.74 Å². The van der Waals surface area contributed by atoms with Crippen LogP contribution in [0.4, 0.5) is 5.82 Å². The minimum absolute atomic E-state index is 0.0621. The average Bonchev–Trinajstić information content (AvgIpc) is 2.43. The van der Waals surface area contributed by atoms with Gasteiger partial charge in [-0.25, -0.2) is 0 Å². The molecule has 1 aromatic heterocycles. The van der Waals surface area contributed by atoms with E-state index in [1.165, 1.54) is 0 Å². The van der Waals surface area contributed by atoms with Crippen LogP contribution in [-0.2, 0) is 4.74 Å². The Balaban J connectivity index is 1.92. The van der Waals surface area contributed by atoms with Crippen LogP contribution in [0.5, 0.6) is 0 Å². The summed E-state index contributed by atoms with van der Waals surface area (Å²) >= 11 is 0. The van der Waals surface area contributed by atoms with Crippen molar-refractivity contribution in [3.8, 4) is 0 Å². The first-order valence-electron chi connectivity index (χ1n) is 6.37. The fourth-order valence-electron chi connectivity index (χ4n) is 1.89. The van der Waals surface area contributed by atoms with E-state index in [1.54, 1.807) is 7.11 Å². The van der Waals surface area contributed by atoms with E-state index in [0.29, 0.717) is 12.0 Å². The molecule has 0 radical (unpaired) electrons. The number of anilines is 1. The van der Waals surface area contributed by atoms with Crippen LogP contribution >= 0.6 is 0 Å². The van der Waals surface area contributed by atoms with Crippen molar-refractivity contribution in [3.05, 3.63) is 40.7 Å². The van der Waals surface area contributed by atoms with Crippen LogP contribution in [-0.4, -0.2) is 38.3 Å². The summed E-state index contributed by atoms with van der Waals surface area (Å²) in [6, 6.07) is 9.50. The quantitative estimate of drug-likeness (QED) is 0.655. The molecular weight excluding hydrogens is 242 g/mol. The predicted molar refractivity (Wildman–Crippen MR) is 77.8 cm³/mol. The van der Waals surface area contributed by atoms with E-state index < -0.39 is 0 Å². The molecule has 2 aromatic rings. The number of fused-ring (bicyclic) bond motifs is 1. The van der Waals surface area contributed by atoms with Gasteiger partial charge in [0.05, 0.1) is 6.61 Å². The van der Waals surface area contributed by atoms with Gasteiger partial charge in [-0.15, -0.1) is 0 Å². The highest BCUT2D eigenvalue weighted by atomic mass is 16.5. The number of hydrogen-bond donors (Lipinski definition) is 3. The standard InChI is InChI=1S/C14H19N3O2/c1-19-9-8-15-6-7-16-13-10-11-4-2-3-5-12(11)14(18)17-13/h2-5,10,15H,6-9H2,1H3,(H2,16,17,18). The van der Waals surface area contributed by atoms with E-state index in [0.717, 1.165) is 30.8 Å². The van der Waals surface area contributed by atoms with E-state index in [1.807, 2.05) is 30.3 Å². The number of methoxy groups -OCH3 is 1. The first kappa shape index (κ1) is 13.6. The molecule has 0 atom stereocenters. The van der Waals surface area contributed by atoms with Crippen molar-refractivity contribution in [3.63, 3.8) is 0 Å². The lowest BCUT2D eigenvalue weighted by Gasteiger charge is -2.08. The zero-order chi connectivity index (χ0) is 13.5. The second-order valence-corrected chi connectivity index (χ2v) is 4.27. The fourth-order valence-corrected chi connectivity index (χ4v) is 1.89. The first-order chi connectivity index (χ1) is 9.31. The van der Waals surface area contributed by atoms with Gasteiger partial charge < -0.3 is 20.4 Å². The van der Waals surface area contributed by atoms with E-state index in [2.05, 4.69) is 15.6 Å². The van der Waals surface area contributed by atoms with Gasteiger partial charge >= 0.3 is 0 Å². The lowest BCUT2D eigenvalue weighted by atomic mass is 10.2. The molecule has 19 heavy (non-hydrogen) atoms. The molecule has 0 amide bonds. The first-order valence-corrected chi connectivity index (χ1v) is 6.37. The van der Waals surface area contributed by atoms with Crippen LogP contribution in [0.15, 0.2) is 35.1 Å². The van der Waals surface area contributed by atoms with E-state index >= 15 is 0 Å². The minimum Gasteiger partial charge on any atom is -0.383 e. The molecule has 5 nitrogen and oxygen atoms in total. The molecule has 3 N–H and O–H groups in total. The number of pyridine rings is 1. The van der Waals surface area contributed by atoms with Gasteiger partial charge in [-0.3, -0.25) is 4.79 Å². The Bertz CT molecular complexity index is 580. The number of nitrogens with one attached hydrogen (secondary N) is 3. The Labute approximate surface area is 112 Å². The van der Waals surface area contributed by atoms with Gasteiger partial charge in [0, 0.05) is 32.1 Å². The fraction of sp³-hybridized carbons (Fsp3) is 0.357. The molecule has 0 aliphatic rings. The number of rotatable bonds is 7. The summed E-state index contributed by atoms with van der Waals surface area (Å²) in [4.78, 5) is 14.7. The zero-order valence-corrected chi connectivity index (χ0v) is 11.0. The van der Waals surface area contributed by atoms with Crippen LogP contribution in [0.2, 0.25) is 0 Å².